The molecule has 0 spiro atoms. The van der Waals surface area contributed by atoms with Gasteiger partial charge in [0.1, 0.15) is 6.04 Å². The lowest BCUT2D eigenvalue weighted by molar-refractivity contribution is -0.142. The topological polar surface area (TPSA) is 73.9 Å². The molecule has 0 fully saturated rings. The van der Waals surface area contributed by atoms with E-state index in [9.17, 15) is 9.59 Å². The number of rotatable bonds is 8. The maximum absolute atomic E-state index is 12.9. The van der Waals surface area contributed by atoms with Crippen LogP contribution in [0.25, 0.3) is 10.8 Å². The first-order valence-corrected chi connectivity index (χ1v) is 9.58. The third-order valence-electron chi connectivity index (χ3n) is 4.95. The van der Waals surface area contributed by atoms with E-state index in [1.54, 1.807) is 20.3 Å². The molecule has 30 heavy (non-hydrogen) atoms. The van der Waals surface area contributed by atoms with Crippen LogP contribution in [0.5, 0.6) is 0 Å². The number of hydrogen-bond acceptors (Lipinski definition) is 5. The fourth-order valence-corrected chi connectivity index (χ4v) is 3.41. The average Bonchev–Trinajstić information content (AvgIpc) is 2.79. The molecule has 6 nitrogen and oxygen atoms in total. The number of methoxy groups -OCH3 is 1. The summed E-state index contributed by atoms with van der Waals surface area (Å²) in [6.45, 7) is 0. The lowest BCUT2D eigenvalue weighted by atomic mass is 9.78. The van der Waals surface area contributed by atoms with Crippen molar-refractivity contribution in [2.75, 3.05) is 21.3 Å². The fourth-order valence-electron chi connectivity index (χ4n) is 3.41. The van der Waals surface area contributed by atoms with Crippen LogP contribution in [0, 0.1) is 0 Å². The summed E-state index contributed by atoms with van der Waals surface area (Å²) in [5.74, 6) is -0.822. The first-order valence-electron chi connectivity index (χ1n) is 9.58. The van der Waals surface area contributed by atoms with Gasteiger partial charge in [-0.25, -0.2) is 4.79 Å². The van der Waals surface area contributed by atoms with Crippen molar-refractivity contribution < 1.29 is 23.6 Å². The van der Waals surface area contributed by atoms with Crippen LogP contribution in [0.3, 0.4) is 0 Å². The second-order valence-electron chi connectivity index (χ2n) is 6.82. The zero-order valence-electron chi connectivity index (χ0n) is 17.3. The summed E-state index contributed by atoms with van der Waals surface area (Å²) in [7, 11) is 3.99. The van der Waals surface area contributed by atoms with Crippen LogP contribution in [0.2, 0.25) is 0 Å². The molecular formula is C23H24BNO5. The summed E-state index contributed by atoms with van der Waals surface area (Å²) in [5, 5.41) is 4.61. The molecule has 0 radical (unpaired) electrons. The molecule has 1 N–H and O–H groups in total. The van der Waals surface area contributed by atoms with Gasteiger partial charge in [-0.05, 0) is 27.9 Å². The van der Waals surface area contributed by atoms with Crippen LogP contribution in [0.4, 0.5) is 0 Å². The third-order valence-corrected chi connectivity index (χ3v) is 4.95. The summed E-state index contributed by atoms with van der Waals surface area (Å²) in [4.78, 5) is 25.3. The summed E-state index contributed by atoms with van der Waals surface area (Å²) in [5.41, 5.74) is 2.25. The second kappa shape index (κ2) is 10.0. The number of ether oxygens (including phenoxy) is 1. The molecule has 0 aliphatic rings. The highest BCUT2D eigenvalue weighted by atomic mass is 16.6. The average molecular weight is 405 g/mol. The lowest BCUT2D eigenvalue weighted by Gasteiger charge is -2.18. The van der Waals surface area contributed by atoms with Crippen molar-refractivity contribution in [1.29, 1.82) is 0 Å². The second-order valence-corrected chi connectivity index (χ2v) is 6.82. The van der Waals surface area contributed by atoms with Crippen molar-refractivity contribution >= 4 is 35.2 Å². The maximum atomic E-state index is 12.9. The third kappa shape index (κ3) is 4.87. The van der Waals surface area contributed by atoms with Crippen molar-refractivity contribution in [2.45, 2.75) is 12.5 Å². The van der Waals surface area contributed by atoms with Gasteiger partial charge in [0.05, 0.1) is 7.11 Å². The number of fused-ring (bicyclic) bond motifs is 1. The highest BCUT2D eigenvalue weighted by Crippen LogP contribution is 2.18. The van der Waals surface area contributed by atoms with Crippen LogP contribution < -0.4 is 10.8 Å². The number of carbonyl (C=O) groups is 2. The molecule has 3 rings (SSSR count). The van der Waals surface area contributed by atoms with Crippen LogP contribution in [0.15, 0.2) is 66.7 Å². The molecule has 0 saturated heterocycles. The van der Waals surface area contributed by atoms with Gasteiger partial charge in [0.2, 0.25) is 0 Å². The van der Waals surface area contributed by atoms with E-state index in [0.29, 0.717) is 12.0 Å². The largest absolute Gasteiger partial charge is 0.493 e. The summed E-state index contributed by atoms with van der Waals surface area (Å²) >= 11 is 0. The van der Waals surface area contributed by atoms with E-state index in [-0.39, 0.29) is 5.91 Å². The normalized spacial score (nSPS) is 11.7. The lowest BCUT2D eigenvalue weighted by Crippen LogP contribution is -2.43. The monoisotopic (exact) mass is 405 g/mol. The van der Waals surface area contributed by atoms with Gasteiger partial charge < -0.3 is 19.4 Å². The van der Waals surface area contributed by atoms with Crippen molar-refractivity contribution in [3.05, 3.63) is 77.9 Å². The van der Waals surface area contributed by atoms with Gasteiger partial charge in [-0.15, -0.1) is 0 Å². The molecule has 0 heterocycles. The fraction of sp³-hybridized carbons (Fsp3) is 0.217. The molecule has 0 unspecified atom stereocenters. The Balaban J connectivity index is 1.79. The first-order chi connectivity index (χ1) is 14.6. The Morgan fingerprint density at radius 2 is 1.57 bits per heavy atom. The highest BCUT2D eigenvalue weighted by Gasteiger charge is 2.24. The zero-order chi connectivity index (χ0) is 21.5. The maximum Gasteiger partial charge on any atom is 0.493 e. The molecule has 0 aliphatic heterocycles. The Bertz CT molecular complexity index is 1010. The van der Waals surface area contributed by atoms with E-state index < -0.39 is 19.1 Å². The Labute approximate surface area is 176 Å². The predicted octanol–water partition coefficient (Wildman–Crippen LogP) is 2.34. The SMILES string of the molecule is COB(OC)c1ccc(C[C@H](NC(=O)c2cccc3ccccc23)C(=O)OC)cc1. The molecule has 0 bridgehead atoms. The van der Waals surface area contributed by atoms with Crippen LogP contribution >= 0.6 is 0 Å². The van der Waals surface area contributed by atoms with Crippen LogP contribution in [-0.2, 0) is 25.3 Å². The van der Waals surface area contributed by atoms with E-state index in [1.807, 2.05) is 60.7 Å². The van der Waals surface area contributed by atoms with E-state index in [1.165, 1.54) is 7.11 Å². The van der Waals surface area contributed by atoms with Gasteiger partial charge in [-0.3, -0.25) is 4.79 Å². The minimum absolute atomic E-state index is 0.300. The molecule has 7 heteroatoms. The Kier molecular flexibility index (Phi) is 7.22. The number of hydrogen-bond donors (Lipinski definition) is 1. The Hall–Kier alpha value is -3.16. The molecule has 1 atom stereocenters. The number of benzene rings is 3. The number of esters is 1. The standard InChI is InChI=1S/C23H24BNO5/c1-28-23(27)21(15-16-11-13-18(14-12-16)24(29-2)30-3)25-22(26)20-10-6-8-17-7-4-5-9-19(17)20/h4-14,21H,15H2,1-3H3,(H,25,26)/t21-/m0/s1. The van der Waals surface area contributed by atoms with Gasteiger partial charge in [-0.2, -0.15) is 0 Å². The first kappa shape index (κ1) is 21.6. The van der Waals surface area contributed by atoms with Gasteiger partial charge >= 0.3 is 13.1 Å². The van der Waals surface area contributed by atoms with Crippen LogP contribution in [0.1, 0.15) is 15.9 Å². The Morgan fingerprint density at radius 3 is 2.23 bits per heavy atom. The predicted molar refractivity (Wildman–Crippen MR) is 117 cm³/mol. The van der Waals surface area contributed by atoms with Crippen LogP contribution in [-0.4, -0.2) is 46.4 Å². The smallest absolute Gasteiger partial charge is 0.467 e. The minimum Gasteiger partial charge on any atom is -0.467 e. The van der Waals surface area contributed by atoms with Crippen molar-refractivity contribution in [1.82, 2.24) is 5.32 Å². The molecule has 0 aliphatic carbocycles. The highest BCUT2D eigenvalue weighted by molar-refractivity contribution is 6.61. The van der Waals surface area contributed by atoms with E-state index in [2.05, 4.69) is 5.32 Å². The Morgan fingerprint density at radius 1 is 0.900 bits per heavy atom. The van der Waals surface area contributed by atoms with E-state index >= 15 is 0 Å². The summed E-state index contributed by atoms with van der Waals surface area (Å²) < 4.78 is 15.4. The minimum atomic E-state index is -0.812. The van der Waals surface area contributed by atoms with Gasteiger partial charge in [0.15, 0.2) is 0 Å². The molecule has 3 aromatic rings. The van der Waals surface area contributed by atoms with Gasteiger partial charge in [0, 0.05) is 26.2 Å². The molecule has 1 amide bonds. The summed E-state index contributed by atoms with van der Waals surface area (Å²) in [6, 6.07) is 19.8. The van der Waals surface area contributed by atoms with Crippen molar-refractivity contribution in [3.63, 3.8) is 0 Å². The molecule has 3 aromatic carbocycles. The van der Waals surface area contributed by atoms with Crippen molar-refractivity contribution in [2.24, 2.45) is 0 Å². The quantitative estimate of drug-likeness (QED) is 0.460. The van der Waals surface area contributed by atoms with E-state index in [4.69, 9.17) is 14.0 Å². The zero-order valence-corrected chi connectivity index (χ0v) is 17.3. The number of carbonyl (C=O) groups excluding carboxylic acids is 2. The molecule has 154 valence electrons. The molecule has 0 aromatic heterocycles. The molecule has 0 saturated carbocycles. The van der Waals surface area contributed by atoms with Gasteiger partial charge in [-0.1, -0.05) is 60.7 Å². The number of nitrogens with one attached hydrogen (secondary N) is 1. The van der Waals surface area contributed by atoms with Gasteiger partial charge in [0.25, 0.3) is 5.91 Å². The number of amides is 1. The van der Waals surface area contributed by atoms with E-state index in [0.717, 1.165) is 21.8 Å². The van der Waals surface area contributed by atoms with Crippen molar-refractivity contribution in [3.8, 4) is 0 Å². The molecular weight excluding hydrogens is 381 g/mol. The summed E-state index contributed by atoms with van der Waals surface area (Å²) in [6.07, 6.45) is 0.300.